The Balaban J connectivity index is 2.82. The summed E-state index contributed by atoms with van der Waals surface area (Å²) in [5, 5.41) is 10.7. The van der Waals surface area contributed by atoms with Crippen LogP contribution in [0, 0.1) is 10.1 Å². The molecular formula is C13H21NO5Si. The maximum Gasteiger partial charge on any atom is 0.269 e. The minimum Gasteiger partial charge on any atom is -0.390 e. The van der Waals surface area contributed by atoms with Gasteiger partial charge in [-0.05, 0) is 38.7 Å². The van der Waals surface area contributed by atoms with Gasteiger partial charge in [0.05, 0.1) is 4.92 Å². The summed E-state index contributed by atoms with van der Waals surface area (Å²) >= 11 is 0. The van der Waals surface area contributed by atoms with E-state index in [-0.39, 0.29) is 12.5 Å². The molecule has 1 unspecified atom stereocenters. The van der Waals surface area contributed by atoms with Crippen molar-refractivity contribution in [1.82, 2.24) is 0 Å². The molecule has 0 saturated heterocycles. The van der Waals surface area contributed by atoms with Gasteiger partial charge in [0, 0.05) is 24.3 Å². The van der Waals surface area contributed by atoms with E-state index in [1.165, 1.54) is 12.1 Å². The number of hydrogen-bond donors (Lipinski definition) is 0. The number of non-ortho nitro benzene ring substituents is 1. The van der Waals surface area contributed by atoms with Crippen molar-refractivity contribution < 1.29 is 18.8 Å². The first-order valence-corrected chi connectivity index (χ1v) is 9.86. The first-order valence-electron chi connectivity index (χ1n) is 6.45. The average molecular weight is 299 g/mol. The van der Waals surface area contributed by atoms with Crippen LogP contribution in [0.3, 0.4) is 0 Å². The highest BCUT2D eigenvalue weighted by Gasteiger charge is 2.23. The Morgan fingerprint density at radius 3 is 2.30 bits per heavy atom. The van der Waals surface area contributed by atoms with Gasteiger partial charge in [0.25, 0.3) is 5.69 Å². The molecule has 0 aliphatic rings. The van der Waals surface area contributed by atoms with Gasteiger partial charge in [0.1, 0.15) is 6.79 Å². The monoisotopic (exact) mass is 299 g/mol. The molecular weight excluding hydrogens is 278 g/mol. The SMILES string of the molecule is CCOCOC(O[Si](C)(C)C)c1ccc([N+](=O)[O-])cc1. The molecule has 20 heavy (non-hydrogen) atoms. The molecule has 1 rings (SSSR count). The maximum atomic E-state index is 10.7. The van der Waals surface area contributed by atoms with Crippen molar-refractivity contribution >= 4 is 14.0 Å². The van der Waals surface area contributed by atoms with E-state index in [1.807, 2.05) is 6.92 Å². The van der Waals surface area contributed by atoms with Gasteiger partial charge in [0.2, 0.25) is 0 Å². The van der Waals surface area contributed by atoms with Crippen LogP contribution in [-0.4, -0.2) is 26.6 Å². The summed E-state index contributed by atoms with van der Waals surface area (Å²) < 4.78 is 16.7. The minimum absolute atomic E-state index is 0.0466. The highest BCUT2D eigenvalue weighted by atomic mass is 28.4. The lowest BCUT2D eigenvalue weighted by Gasteiger charge is -2.26. The topological polar surface area (TPSA) is 70.8 Å². The Morgan fingerprint density at radius 1 is 1.25 bits per heavy atom. The third-order valence-corrected chi connectivity index (χ3v) is 3.26. The lowest BCUT2D eigenvalue weighted by atomic mass is 10.2. The van der Waals surface area contributed by atoms with Crippen molar-refractivity contribution in [1.29, 1.82) is 0 Å². The zero-order valence-corrected chi connectivity index (χ0v) is 13.3. The van der Waals surface area contributed by atoms with Gasteiger partial charge in [-0.1, -0.05) is 0 Å². The first-order chi connectivity index (χ1) is 9.33. The van der Waals surface area contributed by atoms with Gasteiger partial charge in [-0.15, -0.1) is 0 Å². The molecule has 0 bridgehead atoms. The fraction of sp³-hybridized carbons (Fsp3) is 0.538. The van der Waals surface area contributed by atoms with Crippen molar-refractivity contribution in [3.63, 3.8) is 0 Å². The van der Waals surface area contributed by atoms with Crippen LogP contribution in [0.15, 0.2) is 24.3 Å². The maximum absolute atomic E-state index is 10.7. The predicted molar refractivity (Wildman–Crippen MR) is 77.8 cm³/mol. The first kappa shape index (κ1) is 16.8. The molecule has 0 heterocycles. The van der Waals surface area contributed by atoms with E-state index < -0.39 is 19.5 Å². The molecule has 1 aromatic rings. The quantitative estimate of drug-likeness (QED) is 0.242. The van der Waals surface area contributed by atoms with Gasteiger partial charge in [0.15, 0.2) is 14.6 Å². The molecule has 112 valence electrons. The predicted octanol–water partition coefficient (Wildman–Crippen LogP) is 3.46. The number of benzene rings is 1. The molecule has 0 aromatic heterocycles. The largest absolute Gasteiger partial charge is 0.390 e. The highest BCUT2D eigenvalue weighted by molar-refractivity contribution is 6.69. The van der Waals surface area contributed by atoms with Crippen molar-refractivity contribution in [2.45, 2.75) is 32.9 Å². The Bertz CT molecular complexity index is 429. The summed E-state index contributed by atoms with van der Waals surface area (Å²) in [6.07, 6.45) is -0.561. The fourth-order valence-corrected chi connectivity index (χ4v) is 2.31. The van der Waals surface area contributed by atoms with E-state index in [9.17, 15) is 10.1 Å². The smallest absolute Gasteiger partial charge is 0.269 e. The van der Waals surface area contributed by atoms with Crippen LogP contribution in [0.2, 0.25) is 19.6 Å². The summed E-state index contributed by atoms with van der Waals surface area (Å²) in [5.41, 5.74) is 0.794. The summed E-state index contributed by atoms with van der Waals surface area (Å²) in [5.74, 6) is 0. The minimum atomic E-state index is -1.81. The summed E-state index contributed by atoms with van der Waals surface area (Å²) in [6.45, 7) is 8.71. The van der Waals surface area contributed by atoms with Crippen LogP contribution in [-0.2, 0) is 13.9 Å². The lowest BCUT2D eigenvalue weighted by molar-refractivity contribution is -0.384. The molecule has 0 saturated carbocycles. The molecule has 0 fully saturated rings. The second kappa shape index (κ2) is 7.49. The van der Waals surface area contributed by atoms with Gasteiger partial charge in [-0.25, -0.2) is 0 Å². The summed E-state index contributed by atoms with van der Waals surface area (Å²) in [7, 11) is -1.81. The standard InChI is InChI=1S/C13H21NO5Si/c1-5-17-10-18-13(19-20(2,3)4)11-6-8-12(9-7-11)14(15)16/h6-9,13H,5,10H2,1-4H3. The Morgan fingerprint density at radius 2 is 1.85 bits per heavy atom. The Hall–Kier alpha value is -1.28. The highest BCUT2D eigenvalue weighted by Crippen LogP contribution is 2.25. The zero-order valence-electron chi connectivity index (χ0n) is 12.3. The third kappa shape index (κ3) is 5.79. The second-order valence-corrected chi connectivity index (χ2v) is 9.65. The van der Waals surface area contributed by atoms with E-state index in [0.717, 1.165) is 5.56 Å². The summed E-state index contributed by atoms with van der Waals surface area (Å²) in [4.78, 5) is 10.2. The molecule has 6 nitrogen and oxygen atoms in total. The fourth-order valence-electron chi connectivity index (χ4n) is 1.47. The molecule has 0 amide bonds. The van der Waals surface area contributed by atoms with Gasteiger partial charge in [-0.3, -0.25) is 10.1 Å². The lowest BCUT2D eigenvalue weighted by Crippen LogP contribution is -2.29. The number of hydrogen-bond acceptors (Lipinski definition) is 5. The molecule has 1 atom stereocenters. The number of rotatable bonds is 8. The van der Waals surface area contributed by atoms with Crippen LogP contribution in [0.4, 0.5) is 5.69 Å². The van der Waals surface area contributed by atoms with Crippen molar-refractivity contribution in [2.75, 3.05) is 13.4 Å². The van der Waals surface area contributed by atoms with Gasteiger partial charge in [-0.2, -0.15) is 0 Å². The zero-order chi connectivity index (χ0) is 15.2. The second-order valence-electron chi connectivity index (χ2n) is 5.19. The molecule has 7 heteroatoms. The molecule has 0 N–H and O–H groups in total. The van der Waals surface area contributed by atoms with E-state index in [0.29, 0.717) is 6.61 Å². The molecule has 0 aliphatic heterocycles. The molecule has 1 aromatic carbocycles. The van der Waals surface area contributed by atoms with E-state index >= 15 is 0 Å². The Labute approximate surface area is 119 Å². The molecule has 0 spiro atoms. The van der Waals surface area contributed by atoms with E-state index in [1.54, 1.807) is 12.1 Å². The molecule has 0 aliphatic carbocycles. The normalized spacial score (nSPS) is 13.2. The van der Waals surface area contributed by atoms with Crippen LogP contribution in [0.5, 0.6) is 0 Å². The van der Waals surface area contributed by atoms with E-state index in [2.05, 4.69) is 19.6 Å². The molecule has 0 radical (unpaired) electrons. The number of nitro groups is 1. The third-order valence-electron chi connectivity index (χ3n) is 2.34. The summed E-state index contributed by atoms with van der Waals surface area (Å²) in [6, 6.07) is 6.18. The Kier molecular flexibility index (Phi) is 6.28. The number of ether oxygens (including phenoxy) is 2. The van der Waals surface area contributed by atoms with Crippen molar-refractivity contribution in [3.05, 3.63) is 39.9 Å². The van der Waals surface area contributed by atoms with Gasteiger partial charge >= 0.3 is 0 Å². The van der Waals surface area contributed by atoms with Crippen molar-refractivity contribution in [2.24, 2.45) is 0 Å². The number of nitrogens with zero attached hydrogens (tertiary/aromatic N) is 1. The van der Waals surface area contributed by atoms with E-state index in [4.69, 9.17) is 13.9 Å². The average Bonchev–Trinajstić information content (AvgIpc) is 2.36. The van der Waals surface area contributed by atoms with Gasteiger partial charge < -0.3 is 13.9 Å². The number of nitro benzene ring substituents is 1. The van der Waals surface area contributed by atoms with Crippen LogP contribution in [0.25, 0.3) is 0 Å². The van der Waals surface area contributed by atoms with Crippen LogP contribution >= 0.6 is 0 Å². The van der Waals surface area contributed by atoms with Crippen LogP contribution < -0.4 is 0 Å². The van der Waals surface area contributed by atoms with Crippen molar-refractivity contribution in [3.8, 4) is 0 Å². The van der Waals surface area contributed by atoms with Crippen LogP contribution in [0.1, 0.15) is 18.8 Å².